The summed E-state index contributed by atoms with van der Waals surface area (Å²) in [6.45, 7) is 0.408. The number of hydrogen-bond acceptors (Lipinski definition) is 4. The second-order valence-electron chi connectivity index (χ2n) is 9.21. The zero-order valence-corrected chi connectivity index (χ0v) is 22.9. The van der Waals surface area contributed by atoms with E-state index in [4.69, 9.17) is 11.6 Å². The van der Waals surface area contributed by atoms with Crippen LogP contribution in [0.25, 0.3) is 0 Å². The van der Waals surface area contributed by atoms with Crippen molar-refractivity contribution in [2.24, 2.45) is 0 Å². The Bertz CT molecular complexity index is 1600. The topological polar surface area (TPSA) is 6.48 Å². The van der Waals surface area contributed by atoms with Crippen LogP contribution in [0.3, 0.4) is 0 Å². The minimum absolute atomic E-state index is 0.339. The van der Waals surface area contributed by atoms with Crippen LogP contribution in [-0.4, -0.2) is 12.4 Å². The third kappa shape index (κ3) is 4.90. The van der Waals surface area contributed by atoms with E-state index in [2.05, 4.69) is 0 Å². The van der Waals surface area contributed by atoms with Gasteiger partial charge < -0.3 is 9.80 Å². The van der Waals surface area contributed by atoms with E-state index in [9.17, 15) is 26.3 Å². The van der Waals surface area contributed by atoms with Crippen LogP contribution in [0.15, 0.2) is 98.4 Å². The van der Waals surface area contributed by atoms with Crippen molar-refractivity contribution in [3.05, 3.63) is 90.0 Å². The first-order chi connectivity index (χ1) is 19.0. The van der Waals surface area contributed by atoms with Crippen molar-refractivity contribution < 1.29 is 26.3 Å². The van der Waals surface area contributed by atoms with Crippen molar-refractivity contribution in [1.82, 2.24) is 0 Å². The summed E-state index contributed by atoms with van der Waals surface area (Å²) in [6, 6.07) is 20.4. The summed E-state index contributed by atoms with van der Waals surface area (Å²) in [5, 5.41) is 0. The van der Waals surface area contributed by atoms with Crippen LogP contribution in [0, 0.1) is 0 Å². The maximum Gasteiger partial charge on any atom is 0.416 e. The number of nitrogens with zero attached hydrogens (tertiary/aromatic N) is 2. The lowest BCUT2D eigenvalue weighted by molar-refractivity contribution is -0.138. The molecule has 2 nitrogen and oxygen atoms in total. The maximum atomic E-state index is 13.7. The molecular weight excluding hydrogens is 590 g/mol. The fourth-order valence-corrected chi connectivity index (χ4v) is 7.12. The summed E-state index contributed by atoms with van der Waals surface area (Å²) in [4.78, 5) is 6.66. The van der Waals surface area contributed by atoms with Crippen molar-refractivity contribution in [3.8, 4) is 0 Å². The Kier molecular flexibility index (Phi) is 6.91. The van der Waals surface area contributed by atoms with Crippen LogP contribution in [0.5, 0.6) is 0 Å². The second-order valence-corrected chi connectivity index (χ2v) is 11.8. The van der Waals surface area contributed by atoms with Crippen LogP contribution < -0.4 is 9.80 Å². The number of anilines is 5. The van der Waals surface area contributed by atoms with Gasteiger partial charge in [0.05, 0.1) is 33.9 Å². The molecule has 6 rings (SSSR count). The molecule has 2 heterocycles. The van der Waals surface area contributed by atoms with Crippen molar-refractivity contribution in [3.63, 3.8) is 0 Å². The van der Waals surface area contributed by atoms with Gasteiger partial charge in [0.15, 0.2) is 0 Å². The Balaban J connectivity index is 1.48. The number of fused-ring (bicyclic) bond motifs is 4. The van der Waals surface area contributed by atoms with Gasteiger partial charge in [-0.15, -0.1) is 11.6 Å². The largest absolute Gasteiger partial charge is 0.416 e. The molecule has 2 aliphatic rings. The van der Waals surface area contributed by atoms with E-state index >= 15 is 0 Å². The Morgan fingerprint density at radius 2 is 1.20 bits per heavy atom. The van der Waals surface area contributed by atoms with Gasteiger partial charge in [-0.3, -0.25) is 0 Å². The lowest BCUT2D eigenvalue weighted by Gasteiger charge is -2.36. The van der Waals surface area contributed by atoms with E-state index in [1.807, 2.05) is 46.2 Å². The normalized spacial score (nSPS) is 14.4. The third-order valence-corrected chi connectivity index (χ3v) is 9.17. The Labute approximate surface area is 239 Å². The zero-order valence-electron chi connectivity index (χ0n) is 20.5. The highest BCUT2D eigenvalue weighted by Gasteiger charge is 2.35. The quantitative estimate of drug-likeness (QED) is 0.148. The molecule has 0 saturated heterocycles. The van der Waals surface area contributed by atoms with Crippen molar-refractivity contribution in [2.75, 3.05) is 22.2 Å². The number of halogens is 7. The van der Waals surface area contributed by atoms with Crippen LogP contribution in [0.2, 0.25) is 0 Å². The summed E-state index contributed by atoms with van der Waals surface area (Å²) in [6.07, 6.45) is -8.44. The molecule has 0 N–H and O–H groups in total. The van der Waals surface area contributed by atoms with E-state index in [1.54, 1.807) is 6.07 Å². The summed E-state index contributed by atoms with van der Waals surface area (Å²) < 4.78 is 81.6. The fraction of sp³-hybridized carbons (Fsp3) is 0.172. The Hall–Kier alpha value is -2.95. The average Bonchev–Trinajstić information content (AvgIpc) is 2.92. The first kappa shape index (κ1) is 27.2. The molecule has 0 fully saturated rings. The van der Waals surface area contributed by atoms with Gasteiger partial charge in [0.2, 0.25) is 0 Å². The smallest absolute Gasteiger partial charge is 0.340 e. The number of rotatable bonds is 4. The summed E-state index contributed by atoms with van der Waals surface area (Å²) in [5.74, 6) is 0.339. The van der Waals surface area contributed by atoms with Crippen molar-refractivity contribution >= 4 is 63.6 Å². The van der Waals surface area contributed by atoms with Gasteiger partial charge in [-0.1, -0.05) is 35.7 Å². The van der Waals surface area contributed by atoms with Crippen molar-refractivity contribution in [2.45, 2.75) is 38.4 Å². The molecule has 40 heavy (non-hydrogen) atoms. The highest BCUT2D eigenvalue weighted by Crippen LogP contribution is 2.55. The van der Waals surface area contributed by atoms with Gasteiger partial charge in [-0.25, -0.2) is 0 Å². The Morgan fingerprint density at radius 3 is 1.88 bits per heavy atom. The molecule has 206 valence electrons. The second kappa shape index (κ2) is 10.2. The molecule has 0 aromatic heterocycles. The highest BCUT2D eigenvalue weighted by molar-refractivity contribution is 8.00. The van der Waals surface area contributed by atoms with E-state index in [0.29, 0.717) is 45.7 Å². The summed E-state index contributed by atoms with van der Waals surface area (Å²) in [7, 11) is 0. The predicted octanol–water partition coefficient (Wildman–Crippen LogP) is 10.9. The zero-order chi connectivity index (χ0) is 28.2. The molecule has 11 heteroatoms. The first-order valence-corrected chi connectivity index (χ1v) is 14.4. The minimum atomic E-state index is -4.50. The third-order valence-electron chi connectivity index (χ3n) is 6.66. The predicted molar refractivity (Wildman–Crippen MR) is 148 cm³/mol. The average molecular weight is 609 g/mol. The van der Waals surface area contributed by atoms with Crippen LogP contribution in [0.4, 0.5) is 54.8 Å². The van der Waals surface area contributed by atoms with Gasteiger partial charge >= 0.3 is 12.4 Å². The molecule has 0 radical (unpaired) electrons. The number of hydrogen-bond donors (Lipinski definition) is 0. The van der Waals surface area contributed by atoms with Gasteiger partial charge in [-0.05, 0) is 73.2 Å². The molecule has 0 spiro atoms. The minimum Gasteiger partial charge on any atom is -0.340 e. The van der Waals surface area contributed by atoms with Crippen LogP contribution in [-0.2, 0) is 12.4 Å². The summed E-state index contributed by atoms with van der Waals surface area (Å²) in [5.41, 5.74) is 1.49. The van der Waals surface area contributed by atoms with Crippen LogP contribution >= 0.6 is 35.1 Å². The highest BCUT2D eigenvalue weighted by atomic mass is 35.5. The molecule has 2 aliphatic heterocycles. The molecule has 0 amide bonds. The Morgan fingerprint density at radius 1 is 0.600 bits per heavy atom. The van der Waals surface area contributed by atoms with Gasteiger partial charge in [0, 0.05) is 37.7 Å². The van der Waals surface area contributed by atoms with Crippen molar-refractivity contribution in [1.29, 1.82) is 0 Å². The standard InChI is InChI=1S/C29H19ClF6N2S2/c30-12-3-13-37-20-9-8-19(16-27(20)40-25-10-6-17(14-22(25)37)28(31,32)33)38-21-4-1-2-5-24(21)39-26-11-7-18(15-23(26)38)29(34,35)36/h1-2,4-11,14-16H,3,12-13H2. The molecule has 0 aliphatic carbocycles. The van der Waals surface area contributed by atoms with E-state index in [0.717, 1.165) is 45.4 Å². The van der Waals surface area contributed by atoms with Gasteiger partial charge in [0.1, 0.15) is 0 Å². The lowest BCUT2D eigenvalue weighted by Crippen LogP contribution is -2.23. The lowest BCUT2D eigenvalue weighted by atomic mass is 10.1. The molecule has 0 unspecified atom stereocenters. The molecule has 0 bridgehead atoms. The molecular formula is C29H19ClF6N2S2. The summed E-state index contributed by atoms with van der Waals surface area (Å²) >= 11 is 8.68. The SMILES string of the molecule is FC(F)(F)c1ccc2c(c1)N(CCCCl)c1ccc(N3c4ccccc4Sc4ccc(C(F)(F)F)cc43)cc1S2. The number of alkyl halides is 7. The van der Waals surface area contributed by atoms with Gasteiger partial charge in [-0.2, -0.15) is 26.3 Å². The fourth-order valence-electron chi connectivity index (χ4n) is 4.85. The molecule has 0 atom stereocenters. The number of benzene rings is 4. The van der Waals surface area contributed by atoms with E-state index < -0.39 is 23.5 Å². The molecule has 4 aromatic rings. The van der Waals surface area contributed by atoms with E-state index in [1.165, 1.54) is 35.7 Å². The first-order valence-electron chi connectivity index (χ1n) is 12.2. The van der Waals surface area contributed by atoms with Gasteiger partial charge in [0.25, 0.3) is 0 Å². The van der Waals surface area contributed by atoms with E-state index in [-0.39, 0.29) is 0 Å². The van der Waals surface area contributed by atoms with Crippen LogP contribution in [0.1, 0.15) is 17.5 Å². The molecule has 4 aromatic carbocycles. The number of para-hydroxylation sites is 1. The molecule has 0 saturated carbocycles. The maximum absolute atomic E-state index is 13.7. The monoisotopic (exact) mass is 608 g/mol.